The van der Waals surface area contributed by atoms with Gasteiger partial charge in [0, 0.05) is 23.0 Å². The van der Waals surface area contributed by atoms with E-state index in [0.29, 0.717) is 17.7 Å². The molecule has 5 nitrogen and oxygen atoms in total. The van der Waals surface area contributed by atoms with E-state index < -0.39 is 11.6 Å². The first kappa shape index (κ1) is 27.4. The van der Waals surface area contributed by atoms with Crippen LogP contribution in [0.3, 0.4) is 0 Å². The average molecular weight is 555 g/mol. The highest BCUT2D eigenvalue weighted by atomic mass is 79.9. The molecule has 1 atom stereocenters. The highest BCUT2D eigenvalue weighted by molar-refractivity contribution is 9.10. The van der Waals surface area contributed by atoms with E-state index in [2.05, 4.69) is 21.2 Å². The predicted octanol–water partition coefficient (Wildman–Crippen LogP) is 5.83. The summed E-state index contributed by atoms with van der Waals surface area (Å²) in [4.78, 5) is 28.6. The average Bonchev–Trinajstić information content (AvgIpc) is 2.82. The number of carbonyl (C=O) groups excluding carboxylic acids is 2. The maximum absolute atomic E-state index is 13.6. The molecule has 0 aliphatic carbocycles. The standard InChI is InChI=1S/C29H32BrFN2O3/c1-20-16-24(14-15-25(20)30)36-19-27(34)33(18-22-10-12-23(31)13-11-22)26(28(35)32-29(2,3)4)17-21-8-6-5-7-9-21/h5-16,26H,17-19H2,1-4H3,(H,32,35)/t26-/m1/s1. The van der Waals surface area contributed by atoms with Crippen LogP contribution in [0.25, 0.3) is 0 Å². The molecule has 0 radical (unpaired) electrons. The predicted molar refractivity (Wildman–Crippen MR) is 143 cm³/mol. The molecule has 0 heterocycles. The van der Waals surface area contributed by atoms with Gasteiger partial charge in [0.1, 0.15) is 17.6 Å². The summed E-state index contributed by atoms with van der Waals surface area (Å²) in [5.41, 5.74) is 2.13. The molecule has 0 saturated carbocycles. The molecular weight excluding hydrogens is 523 g/mol. The summed E-state index contributed by atoms with van der Waals surface area (Å²) < 4.78 is 20.3. The third kappa shape index (κ3) is 8.19. The van der Waals surface area contributed by atoms with E-state index >= 15 is 0 Å². The minimum Gasteiger partial charge on any atom is -0.484 e. The van der Waals surface area contributed by atoms with E-state index in [1.807, 2.05) is 70.2 Å². The van der Waals surface area contributed by atoms with Crippen LogP contribution in [0.4, 0.5) is 4.39 Å². The SMILES string of the molecule is Cc1cc(OCC(=O)N(Cc2ccc(F)cc2)[C@H](Cc2ccccc2)C(=O)NC(C)(C)C)ccc1Br. The Kier molecular flexibility index (Phi) is 9.26. The number of nitrogens with zero attached hydrogens (tertiary/aromatic N) is 1. The lowest BCUT2D eigenvalue weighted by atomic mass is 10.0. The van der Waals surface area contributed by atoms with E-state index in [4.69, 9.17) is 4.74 Å². The van der Waals surface area contributed by atoms with E-state index in [0.717, 1.165) is 15.6 Å². The number of hydrogen-bond acceptors (Lipinski definition) is 3. The summed E-state index contributed by atoms with van der Waals surface area (Å²) in [6.07, 6.45) is 0.326. The van der Waals surface area contributed by atoms with Gasteiger partial charge in [-0.25, -0.2) is 4.39 Å². The molecule has 0 saturated heterocycles. The third-order valence-electron chi connectivity index (χ3n) is 5.53. The fraction of sp³-hybridized carbons (Fsp3) is 0.310. The Hall–Kier alpha value is -3.19. The van der Waals surface area contributed by atoms with Gasteiger partial charge in [0.25, 0.3) is 5.91 Å². The normalized spacial score (nSPS) is 12.1. The molecule has 0 aliphatic rings. The van der Waals surface area contributed by atoms with Gasteiger partial charge in [0.05, 0.1) is 0 Å². The third-order valence-corrected chi connectivity index (χ3v) is 6.42. The number of amides is 2. The van der Waals surface area contributed by atoms with Crippen LogP contribution in [-0.2, 0) is 22.6 Å². The van der Waals surface area contributed by atoms with Crippen molar-refractivity contribution in [3.8, 4) is 5.75 Å². The molecule has 36 heavy (non-hydrogen) atoms. The lowest BCUT2D eigenvalue weighted by molar-refractivity contribution is -0.143. The van der Waals surface area contributed by atoms with Gasteiger partial charge in [-0.05, 0) is 74.7 Å². The van der Waals surface area contributed by atoms with Gasteiger partial charge in [-0.15, -0.1) is 0 Å². The summed E-state index contributed by atoms with van der Waals surface area (Å²) in [5.74, 6) is -0.410. The van der Waals surface area contributed by atoms with E-state index in [1.165, 1.54) is 17.0 Å². The van der Waals surface area contributed by atoms with Crippen molar-refractivity contribution in [2.45, 2.75) is 52.2 Å². The number of aryl methyl sites for hydroxylation is 1. The highest BCUT2D eigenvalue weighted by Crippen LogP contribution is 2.22. The van der Waals surface area contributed by atoms with Crippen molar-refractivity contribution in [3.05, 3.63) is 99.8 Å². The number of rotatable bonds is 9. The summed E-state index contributed by atoms with van der Waals surface area (Å²) in [6, 6.07) is 20.2. The van der Waals surface area contributed by atoms with Crippen molar-refractivity contribution in [2.24, 2.45) is 0 Å². The summed E-state index contributed by atoms with van der Waals surface area (Å²) in [5, 5.41) is 3.02. The Morgan fingerprint density at radius 1 is 1.00 bits per heavy atom. The maximum Gasteiger partial charge on any atom is 0.261 e. The number of halogens is 2. The van der Waals surface area contributed by atoms with Gasteiger partial charge in [-0.1, -0.05) is 58.4 Å². The largest absolute Gasteiger partial charge is 0.484 e. The highest BCUT2D eigenvalue weighted by Gasteiger charge is 2.32. The second-order valence-corrected chi connectivity index (χ2v) is 10.6. The molecule has 7 heteroatoms. The molecule has 0 fully saturated rings. The second-order valence-electron chi connectivity index (χ2n) is 9.79. The number of ether oxygens (including phenoxy) is 1. The minimum absolute atomic E-state index is 0.136. The van der Waals surface area contributed by atoms with E-state index in [-0.39, 0.29) is 30.8 Å². The molecule has 0 bridgehead atoms. The molecule has 2 amide bonds. The summed E-state index contributed by atoms with van der Waals surface area (Å²) >= 11 is 3.46. The number of benzene rings is 3. The molecule has 0 aliphatic heterocycles. The van der Waals surface area contributed by atoms with Gasteiger partial charge in [0.15, 0.2) is 6.61 Å². The quantitative estimate of drug-likeness (QED) is 0.362. The van der Waals surface area contributed by atoms with Crippen LogP contribution in [0.5, 0.6) is 5.75 Å². The zero-order valence-corrected chi connectivity index (χ0v) is 22.6. The fourth-order valence-electron chi connectivity index (χ4n) is 3.73. The first-order valence-corrected chi connectivity index (χ1v) is 12.6. The lowest BCUT2D eigenvalue weighted by Crippen LogP contribution is -2.55. The van der Waals surface area contributed by atoms with E-state index in [9.17, 15) is 14.0 Å². The Bertz CT molecular complexity index is 1180. The number of nitrogens with one attached hydrogen (secondary N) is 1. The molecule has 0 aromatic heterocycles. The summed E-state index contributed by atoms with van der Waals surface area (Å²) in [7, 11) is 0. The molecule has 3 aromatic carbocycles. The maximum atomic E-state index is 13.6. The molecule has 3 rings (SSSR count). The topological polar surface area (TPSA) is 58.6 Å². The van der Waals surface area contributed by atoms with Crippen molar-refractivity contribution in [2.75, 3.05) is 6.61 Å². The minimum atomic E-state index is -0.792. The molecule has 190 valence electrons. The van der Waals surface area contributed by atoms with Gasteiger partial charge in [-0.2, -0.15) is 0 Å². The van der Waals surface area contributed by atoms with E-state index in [1.54, 1.807) is 18.2 Å². The number of carbonyl (C=O) groups is 2. The molecule has 0 spiro atoms. The molecule has 0 unspecified atom stereocenters. The molecular formula is C29H32BrFN2O3. The first-order chi connectivity index (χ1) is 17.0. The first-order valence-electron chi connectivity index (χ1n) is 11.8. The van der Waals surface area contributed by atoms with Gasteiger partial charge >= 0.3 is 0 Å². The van der Waals surface area contributed by atoms with Crippen LogP contribution in [0, 0.1) is 12.7 Å². The smallest absolute Gasteiger partial charge is 0.261 e. The monoisotopic (exact) mass is 554 g/mol. The van der Waals surface area contributed by atoms with Crippen molar-refractivity contribution in [1.29, 1.82) is 0 Å². The van der Waals surface area contributed by atoms with Crippen molar-refractivity contribution in [3.63, 3.8) is 0 Å². The Morgan fingerprint density at radius 3 is 2.28 bits per heavy atom. The van der Waals surface area contributed by atoms with Crippen LogP contribution in [0.15, 0.2) is 77.3 Å². The van der Waals surface area contributed by atoms with Crippen molar-refractivity contribution >= 4 is 27.7 Å². The van der Waals surface area contributed by atoms with Crippen LogP contribution in [-0.4, -0.2) is 34.9 Å². The fourth-order valence-corrected chi connectivity index (χ4v) is 3.97. The number of hydrogen-bond donors (Lipinski definition) is 1. The lowest BCUT2D eigenvalue weighted by Gasteiger charge is -2.33. The molecule has 1 N–H and O–H groups in total. The zero-order chi connectivity index (χ0) is 26.3. The van der Waals surface area contributed by atoms with Crippen molar-refractivity contribution in [1.82, 2.24) is 10.2 Å². The summed E-state index contributed by atoms with van der Waals surface area (Å²) in [6.45, 7) is 7.53. The Morgan fingerprint density at radius 2 is 1.67 bits per heavy atom. The second kappa shape index (κ2) is 12.2. The Balaban J connectivity index is 1.92. The van der Waals surface area contributed by atoms with Crippen LogP contribution >= 0.6 is 15.9 Å². The Labute approximate surface area is 220 Å². The van der Waals surface area contributed by atoms with Gasteiger partial charge in [-0.3, -0.25) is 9.59 Å². The van der Waals surface area contributed by atoms with Crippen LogP contribution in [0.1, 0.15) is 37.5 Å². The van der Waals surface area contributed by atoms with Crippen molar-refractivity contribution < 1.29 is 18.7 Å². The molecule has 3 aromatic rings. The zero-order valence-electron chi connectivity index (χ0n) is 21.1. The van der Waals surface area contributed by atoms with Crippen LogP contribution < -0.4 is 10.1 Å². The van der Waals surface area contributed by atoms with Crippen LogP contribution in [0.2, 0.25) is 0 Å². The van der Waals surface area contributed by atoms with Gasteiger partial charge in [0.2, 0.25) is 5.91 Å². The van der Waals surface area contributed by atoms with Gasteiger partial charge < -0.3 is 15.0 Å².